The van der Waals surface area contributed by atoms with Crippen LogP contribution in [0.25, 0.3) is 10.9 Å². The Morgan fingerprint density at radius 1 is 0.833 bits per heavy atom. The van der Waals surface area contributed by atoms with E-state index in [1.807, 2.05) is 30.3 Å². The lowest BCUT2D eigenvalue weighted by molar-refractivity contribution is 0.407. The maximum atomic E-state index is 5.61. The third-order valence-corrected chi connectivity index (χ3v) is 5.63. The van der Waals surface area contributed by atoms with Crippen LogP contribution in [-0.2, 0) is 13.1 Å². The zero-order valence-electron chi connectivity index (χ0n) is 17.9. The minimum atomic E-state index is 0.702. The summed E-state index contributed by atoms with van der Waals surface area (Å²) in [5, 5.41) is 4.54. The number of hydrogen-bond acceptors (Lipinski definition) is 6. The predicted molar refractivity (Wildman–Crippen MR) is 120 cm³/mol. The largest absolute Gasteiger partial charge is 0.496 e. The van der Waals surface area contributed by atoms with Crippen molar-refractivity contribution in [3.8, 4) is 17.2 Å². The van der Waals surface area contributed by atoms with Gasteiger partial charge in [-0.3, -0.25) is 0 Å². The second-order valence-corrected chi connectivity index (χ2v) is 7.45. The monoisotopic (exact) mass is 407 g/mol. The highest BCUT2D eigenvalue weighted by Gasteiger charge is 2.20. The van der Waals surface area contributed by atoms with Gasteiger partial charge in [-0.05, 0) is 37.1 Å². The molecule has 1 aliphatic rings. The van der Waals surface area contributed by atoms with Crippen molar-refractivity contribution in [2.45, 2.75) is 25.9 Å². The molecule has 2 heterocycles. The van der Waals surface area contributed by atoms with E-state index in [4.69, 9.17) is 19.2 Å². The van der Waals surface area contributed by atoms with Gasteiger partial charge in [0.15, 0.2) is 0 Å². The Hall–Kier alpha value is -2.99. The van der Waals surface area contributed by atoms with Crippen LogP contribution in [0.2, 0.25) is 0 Å². The lowest BCUT2D eigenvalue weighted by atomic mass is 10.1. The summed E-state index contributed by atoms with van der Waals surface area (Å²) < 4.78 is 16.7. The van der Waals surface area contributed by atoms with Gasteiger partial charge in [-0.1, -0.05) is 18.2 Å². The van der Waals surface area contributed by atoms with Crippen LogP contribution >= 0.6 is 0 Å². The topological polar surface area (TPSA) is 55.9 Å². The standard InChI is InChI=1S/C24H29N3O3/c1-28-20-9-5-4-8-17(20)15-25-16-18-14-19-21(29-2)10-11-22(30-3)23(19)26-24(18)27-12-6-7-13-27/h4-5,8-11,14,25H,6-7,12-13,15-16H2,1-3H3. The van der Waals surface area contributed by atoms with Gasteiger partial charge in [-0.25, -0.2) is 4.98 Å². The van der Waals surface area contributed by atoms with Crippen molar-refractivity contribution in [3.63, 3.8) is 0 Å². The number of anilines is 1. The summed E-state index contributed by atoms with van der Waals surface area (Å²) in [5.41, 5.74) is 3.13. The van der Waals surface area contributed by atoms with Crippen molar-refractivity contribution >= 4 is 16.7 Å². The molecule has 1 fully saturated rings. The number of nitrogens with one attached hydrogen (secondary N) is 1. The first-order valence-electron chi connectivity index (χ1n) is 10.4. The molecule has 0 unspecified atom stereocenters. The number of methoxy groups -OCH3 is 3. The highest BCUT2D eigenvalue weighted by atomic mass is 16.5. The Bertz CT molecular complexity index is 1020. The Balaban J connectivity index is 1.68. The van der Waals surface area contributed by atoms with Gasteiger partial charge >= 0.3 is 0 Å². The van der Waals surface area contributed by atoms with Gasteiger partial charge in [0.05, 0.1) is 21.3 Å². The molecule has 1 saturated heterocycles. The fourth-order valence-corrected chi connectivity index (χ4v) is 4.10. The predicted octanol–water partition coefficient (Wildman–Crippen LogP) is 4.15. The minimum absolute atomic E-state index is 0.702. The molecule has 4 rings (SSSR count). The Morgan fingerprint density at radius 3 is 2.23 bits per heavy atom. The van der Waals surface area contributed by atoms with E-state index in [2.05, 4.69) is 22.3 Å². The first-order chi connectivity index (χ1) is 14.7. The molecule has 0 radical (unpaired) electrons. The molecular formula is C24H29N3O3. The summed E-state index contributed by atoms with van der Waals surface area (Å²) in [6.45, 7) is 3.48. The molecule has 0 atom stereocenters. The Morgan fingerprint density at radius 2 is 1.50 bits per heavy atom. The molecule has 1 aliphatic heterocycles. The summed E-state index contributed by atoms with van der Waals surface area (Å²) in [6.07, 6.45) is 2.39. The number of nitrogens with zero attached hydrogens (tertiary/aromatic N) is 2. The van der Waals surface area contributed by atoms with Crippen LogP contribution in [0.4, 0.5) is 5.82 Å². The van der Waals surface area contributed by atoms with Gasteiger partial charge in [-0.2, -0.15) is 0 Å². The molecule has 6 nitrogen and oxygen atoms in total. The molecule has 158 valence electrons. The van der Waals surface area contributed by atoms with Gasteiger partial charge in [0.1, 0.15) is 28.6 Å². The molecule has 6 heteroatoms. The SMILES string of the molecule is COc1ccccc1CNCc1cc2c(OC)ccc(OC)c2nc1N1CCCC1. The quantitative estimate of drug-likeness (QED) is 0.605. The smallest absolute Gasteiger partial charge is 0.145 e. The van der Waals surface area contributed by atoms with E-state index in [-0.39, 0.29) is 0 Å². The third-order valence-electron chi connectivity index (χ3n) is 5.63. The number of para-hydroxylation sites is 1. The maximum Gasteiger partial charge on any atom is 0.145 e. The molecule has 1 N–H and O–H groups in total. The summed E-state index contributed by atoms with van der Waals surface area (Å²) in [6, 6.07) is 14.1. The lowest BCUT2D eigenvalue weighted by Crippen LogP contribution is -2.23. The van der Waals surface area contributed by atoms with E-state index in [9.17, 15) is 0 Å². The van der Waals surface area contributed by atoms with E-state index < -0.39 is 0 Å². The van der Waals surface area contributed by atoms with Crippen LogP contribution in [0.1, 0.15) is 24.0 Å². The molecule has 2 aromatic carbocycles. The van der Waals surface area contributed by atoms with Crippen molar-refractivity contribution in [2.24, 2.45) is 0 Å². The van der Waals surface area contributed by atoms with Crippen LogP contribution in [0.5, 0.6) is 17.2 Å². The highest BCUT2D eigenvalue weighted by molar-refractivity contribution is 5.92. The first-order valence-corrected chi connectivity index (χ1v) is 10.4. The van der Waals surface area contributed by atoms with Crippen molar-refractivity contribution < 1.29 is 14.2 Å². The lowest BCUT2D eigenvalue weighted by Gasteiger charge is -2.22. The first kappa shape index (κ1) is 20.3. The van der Waals surface area contributed by atoms with Crippen LogP contribution in [0, 0.1) is 0 Å². The van der Waals surface area contributed by atoms with E-state index in [1.165, 1.54) is 12.8 Å². The number of benzene rings is 2. The summed E-state index contributed by atoms with van der Waals surface area (Å²) in [7, 11) is 5.08. The average molecular weight is 408 g/mol. The molecular weight excluding hydrogens is 378 g/mol. The number of pyridine rings is 1. The molecule has 3 aromatic rings. The van der Waals surface area contributed by atoms with E-state index in [1.54, 1.807) is 21.3 Å². The molecule has 0 amide bonds. The second kappa shape index (κ2) is 9.22. The summed E-state index contributed by atoms with van der Waals surface area (Å²) in [5.74, 6) is 3.49. The van der Waals surface area contributed by atoms with Crippen molar-refractivity contribution in [2.75, 3.05) is 39.3 Å². The highest BCUT2D eigenvalue weighted by Crippen LogP contribution is 2.36. The summed E-state index contributed by atoms with van der Waals surface area (Å²) in [4.78, 5) is 7.43. The van der Waals surface area contributed by atoms with Gasteiger partial charge in [0.2, 0.25) is 0 Å². The zero-order valence-corrected chi connectivity index (χ0v) is 17.9. The van der Waals surface area contributed by atoms with E-state index >= 15 is 0 Å². The van der Waals surface area contributed by atoms with E-state index in [0.29, 0.717) is 6.54 Å². The van der Waals surface area contributed by atoms with E-state index in [0.717, 1.165) is 64.7 Å². The minimum Gasteiger partial charge on any atom is -0.496 e. The fraction of sp³-hybridized carbons (Fsp3) is 0.375. The average Bonchev–Trinajstić information content (AvgIpc) is 3.33. The van der Waals surface area contributed by atoms with Crippen LogP contribution in [0.15, 0.2) is 42.5 Å². The van der Waals surface area contributed by atoms with Crippen LogP contribution in [-0.4, -0.2) is 39.4 Å². The zero-order chi connectivity index (χ0) is 20.9. The number of ether oxygens (including phenoxy) is 3. The van der Waals surface area contributed by atoms with Gasteiger partial charge in [-0.15, -0.1) is 0 Å². The maximum absolute atomic E-state index is 5.61. The number of aromatic nitrogens is 1. The van der Waals surface area contributed by atoms with Crippen LogP contribution < -0.4 is 24.4 Å². The van der Waals surface area contributed by atoms with Crippen molar-refractivity contribution in [1.82, 2.24) is 10.3 Å². The fourth-order valence-electron chi connectivity index (χ4n) is 4.10. The van der Waals surface area contributed by atoms with Gasteiger partial charge in [0.25, 0.3) is 0 Å². The molecule has 30 heavy (non-hydrogen) atoms. The normalized spacial score (nSPS) is 13.6. The molecule has 0 spiro atoms. The molecule has 0 bridgehead atoms. The molecule has 0 aliphatic carbocycles. The number of hydrogen-bond donors (Lipinski definition) is 1. The van der Waals surface area contributed by atoms with Crippen molar-refractivity contribution in [3.05, 3.63) is 53.6 Å². The second-order valence-electron chi connectivity index (χ2n) is 7.45. The molecule has 0 saturated carbocycles. The Labute approximate surface area is 177 Å². The van der Waals surface area contributed by atoms with Gasteiger partial charge < -0.3 is 24.4 Å². The van der Waals surface area contributed by atoms with Crippen molar-refractivity contribution in [1.29, 1.82) is 0 Å². The van der Waals surface area contributed by atoms with Gasteiger partial charge in [0, 0.05) is 42.7 Å². The summed E-state index contributed by atoms with van der Waals surface area (Å²) >= 11 is 0. The number of rotatable bonds is 8. The third kappa shape index (κ3) is 4.00. The number of fused-ring (bicyclic) bond motifs is 1. The Kier molecular flexibility index (Phi) is 6.23. The van der Waals surface area contributed by atoms with Crippen LogP contribution in [0.3, 0.4) is 0 Å². The molecule has 1 aromatic heterocycles.